The second kappa shape index (κ2) is 11.0. The molecule has 2 rings (SSSR count). The lowest BCUT2D eigenvalue weighted by molar-refractivity contribution is -0.147. The fraction of sp³-hybridized carbons (Fsp3) is 0.238. The van der Waals surface area contributed by atoms with Gasteiger partial charge < -0.3 is 9.47 Å². The third-order valence-corrected chi connectivity index (χ3v) is 4.37. The molecule has 0 saturated heterocycles. The third-order valence-electron chi connectivity index (χ3n) is 4.04. The molecule has 0 bridgehead atoms. The predicted molar refractivity (Wildman–Crippen MR) is 109 cm³/mol. The lowest BCUT2D eigenvalue weighted by Gasteiger charge is -2.13. The number of methoxy groups -OCH3 is 1. The molecular weight excluding hydrogens is 412 g/mol. The molecule has 30 heavy (non-hydrogen) atoms. The van der Waals surface area contributed by atoms with Crippen LogP contribution < -0.4 is 15.6 Å². The van der Waals surface area contributed by atoms with Crippen LogP contribution in [0, 0.1) is 0 Å². The molecular formula is C21H21ClN2O6. The smallest absolute Gasteiger partial charge is 0.307 e. The number of hydrazine groups is 1. The summed E-state index contributed by atoms with van der Waals surface area (Å²) in [5.74, 6) is -1.67. The maximum atomic E-state index is 12.3. The number of carbonyl (C=O) groups excluding carboxylic acids is 4. The molecule has 0 radical (unpaired) electrons. The van der Waals surface area contributed by atoms with Gasteiger partial charge in [0, 0.05) is 12.0 Å². The summed E-state index contributed by atoms with van der Waals surface area (Å²) < 4.78 is 10.1. The molecule has 0 saturated carbocycles. The first-order valence-corrected chi connectivity index (χ1v) is 9.41. The highest BCUT2D eigenvalue weighted by molar-refractivity contribution is 6.33. The second-order valence-corrected chi connectivity index (χ2v) is 6.61. The Labute approximate surface area is 178 Å². The van der Waals surface area contributed by atoms with Crippen molar-refractivity contribution >= 4 is 35.2 Å². The molecule has 1 atom stereocenters. The Morgan fingerprint density at radius 1 is 0.967 bits per heavy atom. The van der Waals surface area contributed by atoms with E-state index in [9.17, 15) is 19.2 Å². The number of hydrogen-bond donors (Lipinski definition) is 2. The number of carbonyl (C=O) groups is 4. The van der Waals surface area contributed by atoms with Crippen molar-refractivity contribution in [1.29, 1.82) is 0 Å². The normalized spacial score (nSPS) is 11.2. The van der Waals surface area contributed by atoms with Crippen LogP contribution in [0.1, 0.15) is 40.5 Å². The van der Waals surface area contributed by atoms with Gasteiger partial charge >= 0.3 is 5.97 Å². The first-order valence-electron chi connectivity index (χ1n) is 9.03. The van der Waals surface area contributed by atoms with Gasteiger partial charge in [0.05, 0.1) is 24.1 Å². The lowest BCUT2D eigenvalue weighted by atomic mass is 10.1. The van der Waals surface area contributed by atoms with Crippen molar-refractivity contribution < 1.29 is 28.7 Å². The standard InChI is InChI=1S/C21H21ClN2O6/c1-13(20(27)14-7-9-15(29-2)10-8-14)30-19(26)12-11-18(25)23-24-21(28)16-5-3-4-6-17(16)22/h3-10,13H,11-12H2,1-2H3,(H,23,25)(H,24,28). The maximum absolute atomic E-state index is 12.3. The first kappa shape index (κ1) is 22.9. The molecule has 0 spiro atoms. The summed E-state index contributed by atoms with van der Waals surface area (Å²) in [5.41, 5.74) is 4.98. The van der Waals surface area contributed by atoms with Gasteiger partial charge in [0.15, 0.2) is 6.10 Å². The minimum atomic E-state index is -1.01. The summed E-state index contributed by atoms with van der Waals surface area (Å²) in [6.45, 7) is 1.45. The minimum Gasteiger partial charge on any atom is -0.497 e. The number of Topliss-reactive ketones (excluding diaryl/α,β-unsaturated/α-hetero) is 1. The molecule has 2 aromatic rings. The molecule has 2 N–H and O–H groups in total. The van der Waals surface area contributed by atoms with Gasteiger partial charge in [0.1, 0.15) is 5.75 Å². The number of esters is 1. The van der Waals surface area contributed by atoms with Crippen LogP contribution in [0.25, 0.3) is 0 Å². The number of rotatable bonds is 8. The first-order chi connectivity index (χ1) is 14.3. The Kier molecular flexibility index (Phi) is 8.37. The average Bonchev–Trinajstić information content (AvgIpc) is 2.75. The Balaban J connectivity index is 1.75. The number of ether oxygens (including phenoxy) is 2. The molecule has 2 aromatic carbocycles. The molecule has 0 aliphatic rings. The van der Waals surface area contributed by atoms with Gasteiger partial charge in [-0.3, -0.25) is 30.0 Å². The summed E-state index contributed by atoms with van der Waals surface area (Å²) in [6.07, 6.45) is -1.49. The van der Waals surface area contributed by atoms with Crippen molar-refractivity contribution in [2.24, 2.45) is 0 Å². The van der Waals surface area contributed by atoms with Gasteiger partial charge in [-0.2, -0.15) is 0 Å². The molecule has 8 nitrogen and oxygen atoms in total. The lowest BCUT2D eigenvalue weighted by Crippen LogP contribution is -2.41. The molecule has 158 valence electrons. The number of nitrogens with one attached hydrogen (secondary N) is 2. The predicted octanol–water partition coefficient (Wildman–Crippen LogP) is 2.70. The third kappa shape index (κ3) is 6.59. The van der Waals surface area contributed by atoms with Crippen molar-refractivity contribution in [1.82, 2.24) is 10.9 Å². The maximum Gasteiger partial charge on any atom is 0.307 e. The zero-order valence-electron chi connectivity index (χ0n) is 16.4. The Bertz CT molecular complexity index is 929. The van der Waals surface area contributed by atoms with Crippen LogP contribution in [0.2, 0.25) is 5.02 Å². The van der Waals surface area contributed by atoms with Crippen molar-refractivity contribution in [2.45, 2.75) is 25.9 Å². The molecule has 0 fully saturated rings. The topological polar surface area (TPSA) is 111 Å². The zero-order chi connectivity index (χ0) is 22.1. The van der Waals surface area contributed by atoms with E-state index in [1.165, 1.54) is 20.1 Å². The Morgan fingerprint density at radius 2 is 1.63 bits per heavy atom. The molecule has 0 aliphatic carbocycles. The van der Waals surface area contributed by atoms with E-state index in [-0.39, 0.29) is 29.2 Å². The summed E-state index contributed by atoms with van der Waals surface area (Å²) in [7, 11) is 1.51. The van der Waals surface area contributed by atoms with E-state index >= 15 is 0 Å². The average molecular weight is 433 g/mol. The van der Waals surface area contributed by atoms with Gasteiger partial charge in [-0.1, -0.05) is 23.7 Å². The van der Waals surface area contributed by atoms with Crippen LogP contribution in [0.3, 0.4) is 0 Å². The van der Waals surface area contributed by atoms with Crippen LogP contribution in [0.5, 0.6) is 5.75 Å². The van der Waals surface area contributed by atoms with Gasteiger partial charge in [-0.15, -0.1) is 0 Å². The van der Waals surface area contributed by atoms with E-state index in [1.807, 2.05) is 0 Å². The quantitative estimate of drug-likeness (QED) is 0.377. The van der Waals surface area contributed by atoms with Crippen LogP contribution in [0.4, 0.5) is 0 Å². The highest BCUT2D eigenvalue weighted by Crippen LogP contribution is 2.15. The number of halogens is 1. The van der Waals surface area contributed by atoms with Gasteiger partial charge in [0.2, 0.25) is 11.7 Å². The second-order valence-electron chi connectivity index (χ2n) is 6.21. The molecule has 0 heterocycles. The molecule has 1 unspecified atom stereocenters. The number of hydrogen-bond acceptors (Lipinski definition) is 6. The highest BCUT2D eigenvalue weighted by Gasteiger charge is 2.20. The summed E-state index contributed by atoms with van der Waals surface area (Å²) in [5, 5.41) is 0.239. The van der Waals surface area contributed by atoms with E-state index < -0.39 is 23.9 Å². The number of amides is 2. The van der Waals surface area contributed by atoms with Crippen LogP contribution in [-0.4, -0.2) is 36.8 Å². The fourth-order valence-corrected chi connectivity index (χ4v) is 2.64. The SMILES string of the molecule is COc1ccc(C(=O)C(C)OC(=O)CCC(=O)NNC(=O)c2ccccc2Cl)cc1. The van der Waals surface area contributed by atoms with Crippen LogP contribution >= 0.6 is 11.6 Å². The van der Waals surface area contributed by atoms with Gasteiger partial charge in [-0.25, -0.2) is 0 Å². The van der Waals surface area contributed by atoms with Gasteiger partial charge in [-0.05, 0) is 43.3 Å². The fourth-order valence-electron chi connectivity index (χ4n) is 2.42. The van der Waals surface area contributed by atoms with Crippen molar-refractivity contribution in [2.75, 3.05) is 7.11 Å². The van der Waals surface area contributed by atoms with Gasteiger partial charge in [0.25, 0.3) is 5.91 Å². The molecule has 0 aromatic heterocycles. The number of ketones is 1. The Hall–Kier alpha value is -3.39. The molecule has 9 heteroatoms. The zero-order valence-corrected chi connectivity index (χ0v) is 17.2. The largest absolute Gasteiger partial charge is 0.497 e. The highest BCUT2D eigenvalue weighted by atomic mass is 35.5. The van der Waals surface area contributed by atoms with Crippen LogP contribution in [-0.2, 0) is 14.3 Å². The van der Waals surface area contributed by atoms with E-state index in [4.69, 9.17) is 21.1 Å². The molecule has 2 amide bonds. The van der Waals surface area contributed by atoms with E-state index in [1.54, 1.807) is 42.5 Å². The van der Waals surface area contributed by atoms with Crippen molar-refractivity contribution in [3.05, 3.63) is 64.7 Å². The van der Waals surface area contributed by atoms with E-state index in [2.05, 4.69) is 10.9 Å². The van der Waals surface area contributed by atoms with Crippen molar-refractivity contribution in [3.8, 4) is 5.75 Å². The monoisotopic (exact) mass is 432 g/mol. The molecule has 0 aliphatic heterocycles. The number of benzene rings is 2. The van der Waals surface area contributed by atoms with Crippen molar-refractivity contribution in [3.63, 3.8) is 0 Å². The summed E-state index contributed by atoms with van der Waals surface area (Å²) in [6, 6.07) is 12.7. The summed E-state index contributed by atoms with van der Waals surface area (Å²) in [4.78, 5) is 48.0. The van der Waals surface area contributed by atoms with E-state index in [0.29, 0.717) is 11.3 Å². The van der Waals surface area contributed by atoms with Crippen LogP contribution in [0.15, 0.2) is 48.5 Å². The minimum absolute atomic E-state index is 0.199. The van der Waals surface area contributed by atoms with E-state index in [0.717, 1.165) is 0 Å². The summed E-state index contributed by atoms with van der Waals surface area (Å²) >= 11 is 5.90. The Morgan fingerprint density at radius 3 is 2.27 bits per heavy atom.